The topological polar surface area (TPSA) is 120 Å². The van der Waals surface area contributed by atoms with Crippen LogP contribution in [0.5, 0.6) is 11.6 Å². The summed E-state index contributed by atoms with van der Waals surface area (Å²) in [5, 5.41) is 6.52. The van der Waals surface area contributed by atoms with Gasteiger partial charge < -0.3 is 24.7 Å². The highest BCUT2D eigenvalue weighted by molar-refractivity contribution is 7.22. The summed E-state index contributed by atoms with van der Waals surface area (Å²) in [5.74, 6) is 1.58. The molecule has 1 unspecified atom stereocenters. The standard InChI is InChI=1S/C26H26N6O4S/c1-15(33)29-23-10-19(6-7-27-23)36-24-11-22-21(12-28-24)31-26(37-22)30-20-9-17(16-4-5-16)13-32(25(20)34)18-3-2-8-35-14-18/h6-7,9-13,16,18H,2-5,8,14H2,1H3,(H,30,31)(H,27,29,33). The van der Waals surface area contributed by atoms with Gasteiger partial charge in [-0.1, -0.05) is 11.3 Å². The zero-order valence-electron chi connectivity index (χ0n) is 20.3. The van der Waals surface area contributed by atoms with Crippen molar-refractivity contribution in [3.63, 3.8) is 0 Å². The van der Waals surface area contributed by atoms with Crippen LogP contribution < -0.4 is 20.9 Å². The molecule has 5 heterocycles. The highest BCUT2D eigenvalue weighted by Crippen LogP contribution is 2.41. The van der Waals surface area contributed by atoms with Crippen LogP contribution in [0.15, 0.2) is 47.7 Å². The maximum Gasteiger partial charge on any atom is 0.274 e. The normalized spacial score (nSPS) is 17.5. The third-order valence-corrected chi connectivity index (χ3v) is 7.33. The Balaban J connectivity index is 1.25. The molecule has 6 rings (SSSR count). The van der Waals surface area contributed by atoms with Gasteiger partial charge in [-0.3, -0.25) is 9.59 Å². The monoisotopic (exact) mass is 518 g/mol. The molecular formula is C26H26N6O4S. The molecule has 1 atom stereocenters. The van der Waals surface area contributed by atoms with Crippen LogP contribution in [0, 0.1) is 0 Å². The van der Waals surface area contributed by atoms with Crippen molar-refractivity contribution in [2.75, 3.05) is 23.8 Å². The SMILES string of the molecule is CC(=O)Nc1cc(Oc2cc3sc(Nc4cc(C5CC5)cn(C5CCCOC5)c4=O)nc3cn2)ccn1. The minimum atomic E-state index is -0.213. The summed E-state index contributed by atoms with van der Waals surface area (Å²) >= 11 is 1.42. The highest BCUT2D eigenvalue weighted by Gasteiger charge is 2.27. The summed E-state index contributed by atoms with van der Waals surface area (Å²) in [5.41, 5.74) is 2.35. The Hall–Kier alpha value is -3.83. The lowest BCUT2D eigenvalue weighted by Crippen LogP contribution is -2.31. The molecule has 1 aliphatic heterocycles. The number of carbonyl (C=O) groups excluding carboxylic acids is 1. The molecule has 4 aromatic rings. The van der Waals surface area contributed by atoms with Crippen LogP contribution in [-0.4, -0.2) is 38.6 Å². The molecule has 11 heteroatoms. The van der Waals surface area contributed by atoms with E-state index in [2.05, 4.69) is 25.6 Å². The fourth-order valence-electron chi connectivity index (χ4n) is 4.45. The van der Waals surface area contributed by atoms with E-state index in [1.54, 1.807) is 30.6 Å². The number of fused-ring (bicyclic) bond motifs is 1. The first-order valence-electron chi connectivity index (χ1n) is 12.3. The van der Waals surface area contributed by atoms with Crippen LogP contribution in [0.25, 0.3) is 10.2 Å². The first-order valence-corrected chi connectivity index (χ1v) is 13.1. The maximum atomic E-state index is 13.4. The molecule has 0 spiro atoms. The highest BCUT2D eigenvalue weighted by atomic mass is 32.1. The molecule has 2 fully saturated rings. The Bertz CT molecular complexity index is 1520. The minimum absolute atomic E-state index is 0.0547. The molecule has 1 amide bonds. The average molecular weight is 519 g/mol. The molecule has 10 nitrogen and oxygen atoms in total. The molecule has 1 aliphatic carbocycles. The number of carbonyl (C=O) groups is 1. The number of hydrogen-bond acceptors (Lipinski definition) is 9. The van der Waals surface area contributed by atoms with Crippen LogP contribution >= 0.6 is 11.3 Å². The summed E-state index contributed by atoms with van der Waals surface area (Å²) in [6.45, 7) is 2.73. The van der Waals surface area contributed by atoms with Crippen LogP contribution in [0.3, 0.4) is 0 Å². The van der Waals surface area contributed by atoms with Crippen molar-refractivity contribution in [3.05, 3.63) is 58.8 Å². The third kappa shape index (κ3) is 5.32. The molecule has 1 saturated carbocycles. The van der Waals surface area contributed by atoms with Crippen LogP contribution in [0.1, 0.15) is 50.1 Å². The summed E-state index contributed by atoms with van der Waals surface area (Å²) in [7, 11) is 0. The van der Waals surface area contributed by atoms with Crippen molar-refractivity contribution in [2.24, 2.45) is 0 Å². The molecule has 2 aliphatic rings. The Morgan fingerprint density at radius 2 is 2.11 bits per heavy atom. The van der Waals surface area contributed by atoms with Gasteiger partial charge in [0, 0.05) is 38.1 Å². The molecule has 37 heavy (non-hydrogen) atoms. The van der Waals surface area contributed by atoms with Gasteiger partial charge in [0.2, 0.25) is 11.8 Å². The number of pyridine rings is 3. The van der Waals surface area contributed by atoms with E-state index >= 15 is 0 Å². The second-order valence-electron chi connectivity index (χ2n) is 9.34. The molecule has 0 aromatic carbocycles. The van der Waals surface area contributed by atoms with Crippen molar-refractivity contribution in [3.8, 4) is 11.6 Å². The van der Waals surface area contributed by atoms with Gasteiger partial charge in [-0.2, -0.15) is 0 Å². The lowest BCUT2D eigenvalue weighted by atomic mass is 10.1. The summed E-state index contributed by atoms with van der Waals surface area (Å²) < 4.78 is 14.2. The van der Waals surface area contributed by atoms with Gasteiger partial charge in [-0.05, 0) is 49.3 Å². The van der Waals surface area contributed by atoms with E-state index in [9.17, 15) is 9.59 Å². The van der Waals surface area contributed by atoms with E-state index in [4.69, 9.17) is 9.47 Å². The zero-order valence-corrected chi connectivity index (χ0v) is 21.1. The van der Waals surface area contributed by atoms with E-state index in [1.165, 1.54) is 23.8 Å². The predicted molar refractivity (Wildman–Crippen MR) is 141 cm³/mol. The second-order valence-corrected chi connectivity index (χ2v) is 10.4. The number of rotatable bonds is 7. The van der Waals surface area contributed by atoms with Crippen molar-refractivity contribution < 1.29 is 14.3 Å². The van der Waals surface area contributed by atoms with Gasteiger partial charge in [0.05, 0.1) is 23.5 Å². The maximum absolute atomic E-state index is 13.4. The first-order chi connectivity index (χ1) is 18.0. The smallest absolute Gasteiger partial charge is 0.274 e. The van der Waals surface area contributed by atoms with Gasteiger partial charge in [0.25, 0.3) is 5.56 Å². The molecule has 1 saturated heterocycles. The lowest BCUT2D eigenvalue weighted by Gasteiger charge is -2.25. The number of amides is 1. The van der Waals surface area contributed by atoms with E-state index in [0.717, 1.165) is 37.0 Å². The fraction of sp³-hybridized carbons (Fsp3) is 0.346. The number of anilines is 3. The van der Waals surface area contributed by atoms with Gasteiger partial charge in [0.1, 0.15) is 22.8 Å². The Morgan fingerprint density at radius 3 is 2.89 bits per heavy atom. The van der Waals surface area contributed by atoms with Crippen LogP contribution in [-0.2, 0) is 9.53 Å². The van der Waals surface area contributed by atoms with Gasteiger partial charge in [0.15, 0.2) is 5.13 Å². The Kier molecular flexibility index (Phi) is 6.31. The molecule has 190 valence electrons. The number of nitrogens with one attached hydrogen (secondary N) is 2. The van der Waals surface area contributed by atoms with E-state index in [0.29, 0.717) is 46.3 Å². The molecular weight excluding hydrogens is 492 g/mol. The average Bonchev–Trinajstić information content (AvgIpc) is 3.66. The molecule has 4 aromatic heterocycles. The third-order valence-electron chi connectivity index (χ3n) is 6.39. The zero-order chi connectivity index (χ0) is 25.4. The van der Waals surface area contributed by atoms with Crippen molar-refractivity contribution in [1.29, 1.82) is 0 Å². The largest absolute Gasteiger partial charge is 0.439 e. The number of nitrogens with zero attached hydrogens (tertiary/aromatic N) is 4. The number of hydrogen-bond donors (Lipinski definition) is 2. The molecule has 0 bridgehead atoms. The number of aromatic nitrogens is 4. The number of thiazole rings is 1. The number of ether oxygens (including phenoxy) is 2. The Morgan fingerprint density at radius 1 is 1.22 bits per heavy atom. The minimum Gasteiger partial charge on any atom is -0.439 e. The fourth-order valence-corrected chi connectivity index (χ4v) is 5.33. The summed E-state index contributed by atoms with van der Waals surface area (Å²) in [6.07, 6.45) is 9.41. The van der Waals surface area contributed by atoms with Crippen LogP contribution in [0.2, 0.25) is 0 Å². The van der Waals surface area contributed by atoms with Crippen LogP contribution in [0.4, 0.5) is 16.6 Å². The summed E-state index contributed by atoms with van der Waals surface area (Å²) in [6, 6.07) is 7.14. The van der Waals surface area contributed by atoms with Crippen molar-refractivity contribution >= 4 is 44.1 Å². The second kappa shape index (κ2) is 9.91. The quantitative estimate of drug-likeness (QED) is 0.352. The predicted octanol–water partition coefficient (Wildman–Crippen LogP) is 4.97. The first kappa shape index (κ1) is 23.6. The lowest BCUT2D eigenvalue weighted by molar-refractivity contribution is -0.114. The molecule has 0 radical (unpaired) electrons. The Labute approximate surface area is 216 Å². The van der Waals surface area contributed by atoms with E-state index in [-0.39, 0.29) is 17.5 Å². The molecule has 2 N–H and O–H groups in total. The van der Waals surface area contributed by atoms with Crippen molar-refractivity contribution in [1.82, 2.24) is 19.5 Å². The van der Waals surface area contributed by atoms with Gasteiger partial charge in [-0.25, -0.2) is 15.0 Å². The van der Waals surface area contributed by atoms with E-state index in [1.807, 2.05) is 16.8 Å². The summed E-state index contributed by atoms with van der Waals surface area (Å²) in [4.78, 5) is 37.8. The van der Waals surface area contributed by atoms with E-state index < -0.39 is 0 Å². The van der Waals surface area contributed by atoms with Gasteiger partial charge in [-0.15, -0.1) is 0 Å². The van der Waals surface area contributed by atoms with Crippen molar-refractivity contribution in [2.45, 2.75) is 44.6 Å². The van der Waals surface area contributed by atoms with Gasteiger partial charge >= 0.3 is 0 Å².